The highest BCUT2D eigenvalue weighted by Gasteiger charge is 2.22. The maximum absolute atomic E-state index is 12.2. The summed E-state index contributed by atoms with van der Waals surface area (Å²) in [6, 6.07) is 8.89. The Bertz CT molecular complexity index is 992. The number of carbonyl (C=O) groups excluding carboxylic acids is 1. The van der Waals surface area contributed by atoms with Gasteiger partial charge >= 0.3 is 0 Å². The molecule has 3 rings (SSSR count). The molecule has 1 heterocycles. The average Bonchev–Trinajstić information content (AvgIpc) is 3.09. The molecule has 2 aromatic carbocycles. The lowest BCUT2D eigenvalue weighted by atomic mass is 9.95. The molecule has 0 spiro atoms. The van der Waals surface area contributed by atoms with Crippen molar-refractivity contribution in [2.24, 2.45) is 5.41 Å². The van der Waals surface area contributed by atoms with Gasteiger partial charge in [-0.15, -0.1) is 0 Å². The third-order valence-corrected chi connectivity index (χ3v) is 4.24. The number of hydrogen-bond acceptors (Lipinski definition) is 6. The molecular weight excluding hydrogens is 360 g/mol. The van der Waals surface area contributed by atoms with Crippen LogP contribution in [0.15, 0.2) is 34.7 Å². The first-order valence-corrected chi connectivity index (χ1v) is 8.79. The Hall–Kier alpha value is -3.22. The second-order valence-electron chi connectivity index (χ2n) is 7.32. The van der Waals surface area contributed by atoms with Crippen molar-refractivity contribution in [3.63, 3.8) is 0 Å². The minimum absolute atomic E-state index is 0.0693. The fourth-order valence-electron chi connectivity index (χ4n) is 2.65. The first-order chi connectivity index (χ1) is 13.3. The number of aromatic nitrogens is 1. The van der Waals surface area contributed by atoms with Crippen LogP contribution in [-0.2, 0) is 4.79 Å². The average molecular weight is 384 g/mol. The van der Waals surface area contributed by atoms with Crippen LogP contribution in [0.4, 0.5) is 5.69 Å². The molecule has 0 fully saturated rings. The zero-order valence-corrected chi connectivity index (χ0v) is 16.9. The van der Waals surface area contributed by atoms with Crippen LogP contribution in [0.1, 0.15) is 20.8 Å². The Labute approximate surface area is 163 Å². The molecule has 3 aromatic rings. The van der Waals surface area contributed by atoms with Gasteiger partial charge in [-0.1, -0.05) is 20.8 Å². The summed E-state index contributed by atoms with van der Waals surface area (Å²) in [7, 11) is 4.65. The zero-order chi connectivity index (χ0) is 20.5. The van der Waals surface area contributed by atoms with E-state index in [0.29, 0.717) is 45.5 Å². The van der Waals surface area contributed by atoms with E-state index < -0.39 is 5.41 Å². The largest absolute Gasteiger partial charge is 0.493 e. The van der Waals surface area contributed by atoms with E-state index in [2.05, 4.69) is 10.3 Å². The predicted octanol–water partition coefficient (Wildman–Crippen LogP) is 4.51. The van der Waals surface area contributed by atoms with Crippen molar-refractivity contribution in [3.05, 3.63) is 30.3 Å². The van der Waals surface area contributed by atoms with Crippen molar-refractivity contribution >= 4 is 22.7 Å². The van der Waals surface area contributed by atoms with E-state index in [1.54, 1.807) is 51.7 Å². The highest BCUT2D eigenvalue weighted by molar-refractivity contribution is 5.96. The molecule has 0 saturated heterocycles. The summed E-state index contributed by atoms with van der Waals surface area (Å²) >= 11 is 0. The quantitative estimate of drug-likeness (QED) is 0.697. The number of benzene rings is 2. The Kier molecular flexibility index (Phi) is 5.18. The van der Waals surface area contributed by atoms with Crippen LogP contribution in [0.3, 0.4) is 0 Å². The monoisotopic (exact) mass is 384 g/mol. The van der Waals surface area contributed by atoms with E-state index in [1.807, 2.05) is 20.8 Å². The van der Waals surface area contributed by atoms with Crippen LogP contribution < -0.4 is 19.5 Å². The highest BCUT2D eigenvalue weighted by Crippen LogP contribution is 2.41. The molecule has 1 aromatic heterocycles. The van der Waals surface area contributed by atoms with Crippen LogP contribution in [-0.4, -0.2) is 32.2 Å². The van der Waals surface area contributed by atoms with Crippen molar-refractivity contribution in [2.45, 2.75) is 20.8 Å². The molecule has 7 heteroatoms. The van der Waals surface area contributed by atoms with Gasteiger partial charge in [-0.25, -0.2) is 4.98 Å². The summed E-state index contributed by atoms with van der Waals surface area (Å²) in [4.78, 5) is 16.8. The minimum Gasteiger partial charge on any atom is -0.493 e. The molecule has 1 N–H and O–H groups in total. The number of hydrogen-bond donors (Lipinski definition) is 1. The van der Waals surface area contributed by atoms with E-state index in [9.17, 15) is 4.79 Å². The van der Waals surface area contributed by atoms with Gasteiger partial charge in [-0.2, -0.15) is 0 Å². The van der Waals surface area contributed by atoms with Gasteiger partial charge in [0.1, 0.15) is 5.52 Å². The van der Waals surface area contributed by atoms with Gasteiger partial charge in [0.05, 0.1) is 21.3 Å². The maximum atomic E-state index is 12.2. The third-order valence-electron chi connectivity index (χ3n) is 4.24. The van der Waals surface area contributed by atoms with Gasteiger partial charge < -0.3 is 23.9 Å². The second kappa shape index (κ2) is 7.42. The van der Waals surface area contributed by atoms with E-state index >= 15 is 0 Å². The Morgan fingerprint density at radius 1 is 1.00 bits per heavy atom. The molecule has 0 aliphatic carbocycles. The molecule has 0 radical (unpaired) electrons. The first kappa shape index (κ1) is 19.5. The van der Waals surface area contributed by atoms with Gasteiger partial charge in [-0.05, 0) is 30.3 Å². The van der Waals surface area contributed by atoms with Crippen molar-refractivity contribution in [3.8, 4) is 28.7 Å². The molecule has 1 amide bonds. The van der Waals surface area contributed by atoms with E-state index in [1.165, 1.54) is 0 Å². The lowest BCUT2D eigenvalue weighted by Crippen LogP contribution is -2.27. The number of nitrogens with one attached hydrogen (secondary N) is 1. The summed E-state index contributed by atoms with van der Waals surface area (Å²) in [6.45, 7) is 5.58. The number of fused-ring (bicyclic) bond motifs is 1. The lowest BCUT2D eigenvalue weighted by Gasteiger charge is -2.17. The van der Waals surface area contributed by atoms with Crippen molar-refractivity contribution in [2.75, 3.05) is 26.6 Å². The fraction of sp³-hybridized carbons (Fsp3) is 0.333. The number of nitrogens with zero attached hydrogens (tertiary/aromatic N) is 1. The topological polar surface area (TPSA) is 82.8 Å². The minimum atomic E-state index is -0.486. The Morgan fingerprint density at radius 3 is 2.18 bits per heavy atom. The molecule has 0 unspecified atom stereocenters. The van der Waals surface area contributed by atoms with Crippen LogP contribution in [0.5, 0.6) is 17.2 Å². The predicted molar refractivity (Wildman–Crippen MR) is 107 cm³/mol. The van der Waals surface area contributed by atoms with Gasteiger partial charge in [0, 0.05) is 16.7 Å². The number of oxazole rings is 1. The van der Waals surface area contributed by atoms with Crippen molar-refractivity contribution < 1.29 is 23.4 Å². The Morgan fingerprint density at radius 2 is 1.64 bits per heavy atom. The summed E-state index contributed by atoms with van der Waals surface area (Å²) in [5.41, 5.74) is 2.11. The molecule has 0 aliphatic heterocycles. The van der Waals surface area contributed by atoms with E-state index in [0.717, 1.165) is 0 Å². The number of methoxy groups -OCH3 is 3. The second-order valence-corrected chi connectivity index (χ2v) is 7.32. The molecule has 0 atom stereocenters. The number of rotatable bonds is 5. The Balaban J connectivity index is 2.00. The van der Waals surface area contributed by atoms with Crippen LogP contribution in [0.2, 0.25) is 0 Å². The van der Waals surface area contributed by atoms with Gasteiger partial charge in [-0.3, -0.25) is 4.79 Å². The normalized spacial score (nSPS) is 11.4. The third kappa shape index (κ3) is 3.74. The molecule has 28 heavy (non-hydrogen) atoms. The number of carbonyl (C=O) groups is 1. The number of amides is 1. The van der Waals surface area contributed by atoms with Crippen LogP contribution in [0.25, 0.3) is 22.6 Å². The van der Waals surface area contributed by atoms with Crippen molar-refractivity contribution in [1.82, 2.24) is 4.98 Å². The number of anilines is 1. The standard InChI is InChI=1S/C21H24N2O5/c1-21(2,3)20(24)22-13-7-8-15-14(11-13)23-19(28-15)12-9-16(25-4)18(27-6)17(10-12)26-5/h7-11H,1-6H3,(H,22,24). The molecule has 0 bridgehead atoms. The SMILES string of the molecule is COc1cc(-c2nc3cc(NC(=O)C(C)(C)C)ccc3o2)cc(OC)c1OC. The van der Waals surface area contributed by atoms with E-state index in [-0.39, 0.29) is 5.91 Å². The summed E-state index contributed by atoms with van der Waals surface area (Å²) in [5, 5.41) is 2.90. The molecule has 7 nitrogen and oxygen atoms in total. The smallest absolute Gasteiger partial charge is 0.229 e. The van der Waals surface area contributed by atoms with Crippen LogP contribution in [0, 0.1) is 5.41 Å². The van der Waals surface area contributed by atoms with Crippen molar-refractivity contribution in [1.29, 1.82) is 0 Å². The van der Waals surface area contributed by atoms with E-state index in [4.69, 9.17) is 18.6 Å². The summed E-state index contributed by atoms with van der Waals surface area (Å²) < 4.78 is 22.0. The van der Waals surface area contributed by atoms with Gasteiger partial charge in [0.2, 0.25) is 17.5 Å². The zero-order valence-electron chi connectivity index (χ0n) is 16.9. The lowest BCUT2D eigenvalue weighted by molar-refractivity contribution is -0.123. The molecule has 148 valence electrons. The van der Waals surface area contributed by atoms with Crippen LogP contribution >= 0.6 is 0 Å². The highest BCUT2D eigenvalue weighted by atomic mass is 16.5. The molecular formula is C21H24N2O5. The summed E-state index contributed by atoms with van der Waals surface area (Å²) in [6.07, 6.45) is 0. The molecule has 0 saturated carbocycles. The fourth-order valence-corrected chi connectivity index (χ4v) is 2.65. The van der Waals surface area contributed by atoms with Gasteiger partial charge in [0.15, 0.2) is 17.1 Å². The maximum Gasteiger partial charge on any atom is 0.229 e. The molecule has 0 aliphatic rings. The summed E-state index contributed by atoms with van der Waals surface area (Å²) in [5.74, 6) is 1.86. The van der Waals surface area contributed by atoms with Gasteiger partial charge in [0.25, 0.3) is 0 Å². The first-order valence-electron chi connectivity index (χ1n) is 8.79. The number of ether oxygens (including phenoxy) is 3.